The zero-order valence-electron chi connectivity index (χ0n) is 12.4. The number of halogens is 4. The van der Waals surface area contributed by atoms with Crippen LogP contribution >= 0.6 is 15.9 Å². The third kappa shape index (κ3) is 3.23. The van der Waals surface area contributed by atoms with Gasteiger partial charge in [-0.2, -0.15) is 4.98 Å². The molecule has 0 unspecified atom stereocenters. The van der Waals surface area contributed by atoms with Gasteiger partial charge in [0.2, 0.25) is 11.8 Å². The smallest absolute Gasteiger partial charge is 0.295 e. The molecule has 1 aliphatic rings. The van der Waals surface area contributed by atoms with Gasteiger partial charge in [-0.15, -0.1) is 5.10 Å². The van der Waals surface area contributed by atoms with E-state index in [2.05, 4.69) is 36.6 Å². The van der Waals surface area contributed by atoms with Gasteiger partial charge in [0.05, 0.1) is 5.69 Å². The molecule has 0 radical (unpaired) electrons. The second kappa shape index (κ2) is 6.42. The largest absolute Gasteiger partial charge is 0.352 e. The van der Waals surface area contributed by atoms with Gasteiger partial charge in [-0.1, -0.05) is 15.9 Å². The second-order valence-electron chi connectivity index (χ2n) is 5.46. The van der Waals surface area contributed by atoms with E-state index in [1.54, 1.807) is 13.0 Å². The van der Waals surface area contributed by atoms with Crippen molar-refractivity contribution in [1.29, 1.82) is 0 Å². The third-order valence-electron chi connectivity index (χ3n) is 3.59. The average molecular weight is 404 g/mol. The summed E-state index contributed by atoms with van der Waals surface area (Å²) >= 11 is 3.11. The number of aromatic nitrogens is 3. The van der Waals surface area contributed by atoms with Crippen LogP contribution in [0.15, 0.2) is 22.7 Å². The average Bonchev–Trinajstić information content (AvgIpc) is 2.92. The Morgan fingerprint density at radius 3 is 2.92 bits per heavy atom. The number of hydrogen-bond donors (Lipinski definition) is 2. The number of alkyl halides is 2. The monoisotopic (exact) mass is 403 g/mol. The van der Waals surface area contributed by atoms with Crippen LogP contribution in [0.25, 0.3) is 0 Å². The first-order valence-electron chi connectivity index (χ1n) is 7.13. The maximum Gasteiger partial charge on any atom is 0.295 e. The quantitative estimate of drug-likeness (QED) is 0.823. The summed E-state index contributed by atoms with van der Waals surface area (Å²) in [4.78, 5) is 16.1. The maximum absolute atomic E-state index is 13.8. The first kappa shape index (κ1) is 16.7. The lowest BCUT2D eigenvalue weighted by Crippen LogP contribution is -2.33. The van der Waals surface area contributed by atoms with Crippen molar-refractivity contribution in [2.75, 3.05) is 10.6 Å². The number of benzene rings is 1. The molecule has 0 fully saturated rings. The number of rotatable bonds is 3. The second-order valence-corrected chi connectivity index (χ2v) is 6.38. The first-order valence-corrected chi connectivity index (χ1v) is 7.92. The van der Waals surface area contributed by atoms with Crippen LogP contribution in [0.4, 0.5) is 24.8 Å². The molecule has 0 spiro atoms. The summed E-state index contributed by atoms with van der Waals surface area (Å²) in [6, 6.07) is 2.74. The van der Waals surface area contributed by atoms with Crippen LogP contribution in [0, 0.1) is 5.82 Å². The number of amides is 1. The Hall–Kier alpha value is -2.10. The van der Waals surface area contributed by atoms with Crippen molar-refractivity contribution < 1.29 is 18.0 Å². The molecule has 1 aliphatic heterocycles. The molecular weight excluding hydrogens is 391 g/mol. The van der Waals surface area contributed by atoms with Crippen LogP contribution in [0.2, 0.25) is 0 Å². The summed E-state index contributed by atoms with van der Waals surface area (Å²) in [5.74, 6) is -1.63. The number of hydrogen-bond acceptors (Lipinski definition) is 4. The Labute approximate surface area is 143 Å². The molecule has 24 heavy (non-hydrogen) atoms. The molecule has 1 aromatic heterocycles. The summed E-state index contributed by atoms with van der Waals surface area (Å²) in [5, 5.41) is 9.08. The molecule has 2 atom stereocenters. The van der Waals surface area contributed by atoms with E-state index < -0.39 is 24.2 Å². The van der Waals surface area contributed by atoms with Crippen molar-refractivity contribution in [3.63, 3.8) is 0 Å². The highest BCUT2D eigenvalue weighted by Crippen LogP contribution is 2.30. The fraction of sp³-hybridized carbons (Fsp3) is 0.357. The molecule has 0 bridgehead atoms. The first-order chi connectivity index (χ1) is 11.3. The van der Waals surface area contributed by atoms with Gasteiger partial charge in [0, 0.05) is 10.5 Å². The van der Waals surface area contributed by atoms with E-state index in [9.17, 15) is 18.0 Å². The number of nitrogens with zero attached hydrogens (tertiary/aromatic N) is 3. The predicted octanol–water partition coefficient (Wildman–Crippen LogP) is 3.44. The maximum atomic E-state index is 13.8. The summed E-state index contributed by atoms with van der Waals surface area (Å²) < 4.78 is 41.6. The van der Waals surface area contributed by atoms with Gasteiger partial charge in [0.15, 0.2) is 0 Å². The van der Waals surface area contributed by atoms with Gasteiger partial charge in [-0.3, -0.25) is 4.79 Å². The minimum absolute atomic E-state index is 0.0530. The van der Waals surface area contributed by atoms with Gasteiger partial charge >= 0.3 is 0 Å². The molecule has 2 heterocycles. The highest BCUT2D eigenvalue weighted by atomic mass is 79.9. The summed E-state index contributed by atoms with van der Waals surface area (Å²) in [6.07, 6.45) is -2.47. The van der Waals surface area contributed by atoms with E-state index in [0.29, 0.717) is 4.47 Å². The van der Waals surface area contributed by atoms with E-state index in [1.807, 2.05) is 0 Å². The summed E-state index contributed by atoms with van der Waals surface area (Å²) in [5.41, 5.74) is -0.0530. The molecule has 1 aromatic carbocycles. The number of carbonyl (C=O) groups is 1. The van der Waals surface area contributed by atoms with Crippen LogP contribution in [-0.2, 0) is 0 Å². The fourth-order valence-corrected chi connectivity index (χ4v) is 2.80. The van der Waals surface area contributed by atoms with Crippen LogP contribution in [0.1, 0.15) is 30.0 Å². The van der Waals surface area contributed by atoms with Crippen molar-refractivity contribution in [3.8, 4) is 0 Å². The Morgan fingerprint density at radius 2 is 2.25 bits per heavy atom. The molecule has 10 heteroatoms. The van der Waals surface area contributed by atoms with Gasteiger partial charge in [-0.25, -0.2) is 17.9 Å². The molecule has 0 aliphatic carbocycles. The van der Waals surface area contributed by atoms with Crippen molar-refractivity contribution in [2.24, 2.45) is 0 Å². The van der Waals surface area contributed by atoms with Crippen LogP contribution in [-0.4, -0.2) is 33.1 Å². The fourth-order valence-electron chi connectivity index (χ4n) is 2.47. The molecule has 0 saturated heterocycles. The molecule has 128 valence electrons. The van der Waals surface area contributed by atoms with Crippen LogP contribution < -0.4 is 10.6 Å². The van der Waals surface area contributed by atoms with Gasteiger partial charge in [0.25, 0.3) is 12.3 Å². The lowest BCUT2D eigenvalue weighted by Gasteiger charge is -2.28. The lowest BCUT2D eigenvalue weighted by atomic mass is 10.1. The van der Waals surface area contributed by atoms with Crippen LogP contribution in [0.5, 0.6) is 0 Å². The third-order valence-corrected chi connectivity index (χ3v) is 4.08. The molecule has 1 amide bonds. The number of fused-ring (bicyclic) bond motifs is 1. The van der Waals surface area contributed by atoms with E-state index in [1.165, 1.54) is 12.1 Å². The summed E-state index contributed by atoms with van der Waals surface area (Å²) in [6.45, 7) is 1.74. The van der Waals surface area contributed by atoms with Crippen molar-refractivity contribution in [2.45, 2.75) is 31.9 Å². The Balaban J connectivity index is 1.85. The van der Waals surface area contributed by atoms with E-state index in [-0.39, 0.29) is 29.9 Å². The zero-order valence-corrected chi connectivity index (χ0v) is 14.0. The topological polar surface area (TPSA) is 71.8 Å². The number of carbonyl (C=O) groups excluding carboxylic acids is 1. The highest BCUT2D eigenvalue weighted by molar-refractivity contribution is 9.10. The molecule has 2 N–H and O–H groups in total. The summed E-state index contributed by atoms with van der Waals surface area (Å²) in [7, 11) is 0. The van der Waals surface area contributed by atoms with Gasteiger partial charge in [-0.05, 0) is 31.5 Å². The Morgan fingerprint density at radius 1 is 1.50 bits per heavy atom. The minimum atomic E-state index is -2.63. The van der Waals surface area contributed by atoms with Gasteiger partial charge in [0.1, 0.15) is 11.9 Å². The number of nitrogens with one attached hydrogen (secondary N) is 2. The molecule has 3 rings (SSSR count). The Bertz CT molecular complexity index is 782. The zero-order chi connectivity index (χ0) is 17.4. The lowest BCUT2D eigenvalue weighted by molar-refractivity contribution is 0.0662. The number of anilines is 2. The SMILES string of the molecule is C[C@H]1C[C@H](C(F)F)n2nc(C(=O)Nc3ccc(Br)cc3F)nc2N1. The minimum Gasteiger partial charge on any atom is -0.352 e. The highest BCUT2D eigenvalue weighted by Gasteiger charge is 2.34. The standard InChI is InChI=1S/C14H13BrF3N5O/c1-6-4-10(11(17)18)23-14(19-6)21-12(22-23)13(24)20-9-3-2-7(15)5-8(9)16/h2-3,5-6,10-11H,4H2,1H3,(H,20,24)(H,19,21,22)/t6-,10+/m0/s1. The van der Waals surface area contributed by atoms with E-state index >= 15 is 0 Å². The van der Waals surface area contributed by atoms with E-state index in [0.717, 1.165) is 4.68 Å². The van der Waals surface area contributed by atoms with Crippen molar-refractivity contribution in [3.05, 3.63) is 34.3 Å². The van der Waals surface area contributed by atoms with E-state index in [4.69, 9.17) is 0 Å². The van der Waals surface area contributed by atoms with Gasteiger partial charge < -0.3 is 10.6 Å². The molecule has 0 saturated carbocycles. The molecular formula is C14H13BrF3N5O. The molecule has 2 aromatic rings. The Kier molecular flexibility index (Phi) is 4.48. The van der Waals surface area contributed by atoms with Crippen molar-refractivity contribution in [1.82, 2.24) is 14.8 Å². The molecule has 6 nitrogen and oxygen atoms in total. The van der Waals surface area contributed by atoms with Crippen LogP contribution in [0.3, 0.4) is 0 Å². The van der Waals surface area contributed by atoms with Crippen molar-refractivity contribution >= 4 is 33.5 Å². The normalized spacial score (nSPS) is 19.8. The predicted molar refractivity (Wildman–Crippen MR) is 84.8 cm³/mol.